The molecular weight excluding hydrogens is 600 g/mol. The molecule has 0 unspecified atom stereocenters. The van der Waals surface area contributed by atoms with Gasteiger partial charge in [0.2, 0.25) is 10.0 Å². The van der Waals surface area contributed by atoms with E-state index in [0.29, 0.717) is 22.2 Å². The molecule has 1 amide bonds. The Labute approximate surface area is 261 Å². The molecule has 2 heterocycles. The third-order valence-corrected chi connectivity index (χ3v) is 9.27. The molecule has 0 saturated heterocycles. The Kier molecular flexibility index (Phi) is 8.92. The fourth-order valence-electron chi connectivity index (χ4n) is 5.21. The number of rotatable bonds is 9. The summed E-state index contributed by atoms with van der Waals surface area (Å²) in [5.41, 5.74) is 4.07. The normalized spacial score (nSPS) is 14.6. The fraction of sp³-hybridized carbons (Fsp3) is 0.176. The van der Waals surface area contributed by atoms with E-state index in [0.717, 1.165) is 16.7 Å². The molecule has 0 fully saturated rings. The highest BCUT2D eigenvalue weighted by Gasteiger charge is 2.38. The van der Waals surface area contributed by atoms with E-state index in [2.05, 4.69) is 0 Å². The van der Waals surface area contributed by atoms with Crippen molar-refractivity contribution in [3.05, 3.63) is 135 Å². The van der Waals surface area contributed by atoms with Crippen LogP contribution in [0.15, 0.2) is 111 Å². The average molecular weight is 631 g/mol. The molecular formula is C34H31ClN2O6S. The molecule has 5 rings (SSSR count). The summed E-state index contributed by atoms with van der Waals surface area (Å²) in [6.45, 7) is 5.59. The lowest BCUT2D eigenvalue weighted by Crippen LogP contribution is -2.30. The van der Waals surface area contributed by atoms with Crippen LogP contribution in [-0.2, 0) is 37.4 Å². The summed E-state index contributed by atoms with van der Waals surface area (Å²) in [7, 11) is -2.68. The molecule has 0 radical (unpaired) electrons. The van der Waals surface area contributed by atoms with Crippen LogP contribution in [0.3, 0.4) is 0 Å². The zero-order valence-electron chi connectivity index (χ0n) is 24.7. The predicted molar refractivity (Wildman–Crippen MR) is 169 cm³/mol. The van der Waals surface area contributed by atoms with Gasteiger partial charge in [-0.15, -0.1) is 0 Å². The number of amides is 1. The Hall–Kier alpha value is -4.44. The maximum Gasteiger partial charge on any atom is 0.340 e. The number of anilines is 1. The van der Waals surface area contributed by atoms with E-state index in [1.807, 2.05) is 62.4 Å². The van der Waals surface area contributed by atoms with Crippen LogP contribution in [0.25, 0.3) is 6.08 Å². The Balaban J connectivity index is 1.49. The van der Waals surface area contributed by atoms with Crippen LogP contribution in [0, 0.1) is 13.8 Å². The van der Waals surface area contributed by atoms with Gasteiger partial charge in [-0.2, -0.15) is 4.31 Å². The maximum absolute atomic E-state index is 13.7. The molecule has 0 aliphatic carbocycles. The number of hydrogen-bond acceptors (Lipinski definition) is 6. The number of ether oxygens (including phenoxy) is 1. The summed E-state index contributed by atoms with van der Waals surface area (Å²) < 4.78 is 39.8. The van der Waals surface area contributed by atoms with Crippen LogP contribution in [0.2, 0.25) is 5.02 Å². The number of carbonyl (C=O) groups excluding carboxylic acids is 2. The van der Waals surface area contributed by atoms with Crippen molar-refractivity contribution >= 4 is 45.3 Å². The number of benzene rings is 3. The second kappa shape index (κ2) is 12.7. The smallest absolute Gasteiger partial charge is 0.340 e. The van der Waals surface area contributed by atoms with Crippen molar-refractivity contribution < 1.29 is 27.2 Å². The molecule has 0 N–H and O–H groups in total. The van der Waals surface area contributed by atoms with Gasteiger partial charge in [-0.05, 0) is 92.1 Å². The number of furan rings is 1. The molecule has 10 heteroatoms. The third kappa shape index (κ3) is 6.40. The molecule has 226 valence electrons. The van der Waals surface area contributed by atoms with Gasteiger partial charge in [-0.1, -0.05) is 48.0 Å². The molecule has 0 bridgehead atoms. The average Bonchev–Trinajstić information content (AvgIpc) is 3.53. The SMILES string of the molecule is COC(=O)C1=C(C)N(c2cc(C)cc(C)c2)C(=O)/C1=C/c1ccc(CN(Cc2ccccc2)S(=O)(=O)c2ccc(Cl)cc2)o1. The molecule has 1 aliphatic rings. The predicted octanol–water partition coefficient (Wildman–Crippen LogP) is 6.82. The first-order valence-corrected chi connectivity index (χ1v) is 15.6. The molecule has 0 atom stereocenters. The number of nitrogens with zero attached hydrogens (tertiary/aromatic N) is 2. The zero-order valence-corrected chi connectivity index (χ0v) is 26.3. The Morgan fingerprint density at radius 1 is 0.932 bits per heavy atom. The number of allylic oxidation sites excluding steroid dienone is 1. The summed E-state index contributed by atoms with van der Waals surface area (Å²) in [6, 6.07) is 24.2. The minimum atomic E-state index is -3.94. The van der Waals surface area contributed by atoms with Crippen LogP contribution in [0.5, 0.6) is 0 Å². The van der Waals surface area contributed by atoms with Crippen LogP contribution < -0.4 is 4.90 Å². The Morgan fingerprint density at radius 3 is 2.23 bits per heavy atom. The molecule has 0 saturated carbocycles. The molecule has 44 heavy (non-hydrogen) atoms. The first kappa shape index (κ1) is 31.0. The van der Waals surface area contributed by atoms with Gasteiger partial charge in [-0.3, -0.25) is 9.69 Å². The van der Waals surface area contributed by atoms with Crippen molar-refractivity contribution in [3.63, 3.8) is 0 Å². The number of aryl methyl sites for hydroxylation is 2. The number of halogens is 1. The highest BCUT2D eigenvalue weighted by Crippen LogP contribution is 2.36. The Morgan fingerprint density at radius 2 is 1.59 bits per heavy atom. The van der Waals surface area contributed by atoms with E-state index < -0.39 is 21.9 Å². The van der Waals surface area contributed by atoms with Crippen LogP contribution in [0.4, 0.5) is 5.69 Å². The molecule has 1 aromatic heterocycles. The zero-order chi connectivity index (χ0) is 31.6. The topological polar surface area (TPSA) is 97.1 Å². The van der Waals surface area contributed by atoms with Crippen molar-refractivity contribution in [3.8, 4) is 0 Å². The lowest BCUT2D eigenvalue weighted by atomic mass is 10.1. The number of carbonyl (C=O) groups is 2. The van der Waals surface area contributed by atoms with E-state index in [4.69, 9.17) is 20.8 Å². The largest absolute Gasteiger partial charge is 0.465 e. The van der Waals surface area contributed by atoms with Crippen molar-refractivity contribution in [2.24, 2.45) is 0 Å². The molecule has 1 aliphatic heterocycles. The third-order valence-electron chi connectivity index (χ3n) is 7.21. The number of esters is 1. The first-order valence-electron chi connectivity index (χ1n) is 13.8. The molecule has 4 aromatic rings. The second-order valence-electron chi connectivity index (χ2n) is 10.5. The van der Waals surface area contributed by atoms with Gasteiger partial charge >= 0.3 is 5.97 Å². The lowest BCUT2D eigenvalue weighted by molar-refractivity contribution is -0.136. The highest BCUT2D eigenvalue weighted by molar-refractivity contribution is 7.89. The van der Waals surface area contributed by atoms with Crippen molar-refractivity contribution in [2.45, 2.75) is 38.8 Å². The van der Waals surface area contributed by atoms with Crippen LogP contribution in [-0.4, -0.2) is 31.7 Å². The summed E-state index contributed by atoms with van der Waals surface area (Å²) in [6.07, 6.45) is 1.49. The minimum Gasteiger partial charge on any atom is -0.465 e. The van der Waals surface area contributed by atoms with Crippen LogP contribution in [0.1, 0.15) is 35.1 Å². The van der Waals surface area contributed by atoms with E-state index in [1.54, 1.807) is 19.1 Å². The van der Waals surface area contributed by atoms with Gasteiger partial charge in [0.15, 0.2) is 0 Å². The van der Waals surface area contributed by atoms with Crippen molar-refractivity contribution in [1.29, 1.82) is 0 Å². The van der Waals surface area contributed by atoms with Gasteiger partial charge in [-0.25, -0.2) is 13.2 Å². The Bertz CT molecular complexity index is 1870. The van der Waals surface area contributed by atoms with Crippen LogP contribution >= 0.6 is 11.6 Å². The second-order valence-corrected chi connectivity index (χ2v) is 12.9. The van der Waals surface area contributed by atoms with E-state index in [9.17, 15) is 18.0 Å². The molecule has 3 aromatic carbocycles. The van der Waals surface area contributed by atoms with E-state index in [1.165, 1.54) is 46.7 Å². The van der Waals surface area contributed by atoms with Gasteiger partial charge in [0.25, 0.3) is 5.91 Å². The van der Waals surface area contributed by atoms with E-state index in [-0.39, 0.29) is 34.9 Å². The lowest BCUT2D eigenvalue weighted by Gasteiger charge is -2.21. The van der Waals surface area contributed by atoms with Gasteiger partial charge in [0.05, 0.1) is 29.7 Å². The maximum atomic E-state index is 13.7. The minimum absolute atomic E-state index is 0.0790. The van der Waals surface area contributed by atoms with Gasteiger partial charge in [0.1, 0.15) is 11.5 Å². The quantitative estimate of drug-likeness (QED) is 0.149. The first-order chi connectivity index (χ1) is 21.0. The number of hydrogen-bond donors (Lipinski definition) is 0. The standard InChI is InChI=1S/C34H31ClN2O6S/c1-22-16-23(2)18-27(17-22)37-24(3)32(34(39)42-4)31(33(37)38)19-28-12-13-29(43-28)21-36(20-25-8-6-5-7-9-25)44(40,41)30-14-10-26(35)11-15-30/h5-19H,20-21H2,1-4H3/b31-19+. The molecule has 0 spiro atoms. The van der Waals surface area contributed by atoms with Gasteiger partial charge in [0, 0.05) is 23.0 Å². The number of methoxy groups -OCH3 is 1. The number of sulfonamides is 1. The molecule has 8 nitrogen and oxygen atoms in total. The fourth-order valence-corrected chi connectivity index (χ4v) is 6.73. The van der Waals surface area contributed by atoms with E-state index >= 15 is 0 Å². The summed E-state index contributed by atoms with van der Waals surface area (Å²) >= 11 is 6.00. The van der Waals surface area contributed by atoms with Crippen molar-refractivity contribution in [1.82, 2.24) is 4.31 Å². The summed E-state index contributed by atoms with van der Waals surface area (Å²) in [4.78, 5) is 28.2. The summed E-state index contributed by atoms with van der Waals surface area (Å²) in [5.74, 6) is -0.420. The summed E-state index contributed by atoms with van der Waals surface area (Å²) in [5, 5.41) is 0.426. The monoisotopic (exact) mass is 630 g/mol. The van der Waals surface area contributed by atoms with Gasteiger partial charge < -0.3 is 9.15 Å². The highest BCUT2D eigenvalue weighted by atomic mass is 35.5. The van der Waals surface area contributed by atoms with Crippen molar-refractivity contribution in [2.75, 3.05) is 12.0 Å².